The van der Waals surface area contributed by atoms with E-state index >= 15 is 0 Å². The fourth-order valence-electron chi connectivity index (χ4n) is 11.5. The molecule has 1 aromatic heterocycles. The predicted octanol–water partition coefficient (Wildman–Crippen LogP) is 17.6. The third-order valence-corrected chi connectivity index (χ3v) is 15.2. The first kappa shape index (κ1) is 50.7. The molecular weight excluding hydrogens is 853 g/mol. The molecule has 6 aromatic rings. The number of pyridine rings is 1. The van der Waals surface area contributed by atoms with E-state index in [1.54, 1.807) is 0 Å². The minimum Gasteiger partial charge on any atom is -0.457 e. The summed E-state index contributed by atoms with van der Waals surface area (Å²) in [4.78, 5) is 15.9. The smallest absolute Gasteiger partial charge is 0.141 e. The normalized spacial score (nSPS) is 16.0. The molecule has 368 valence electrons. The third-order valence-electron chi connectivity index (χ3n) is 15.2. The van der Waals surface area contributed by atoms with Gasteiger partial charge in [-0.25, -0.2) is 4.98 Å². The summed E-state index contributed by atoms with van der Waals surface area (Å²) in [6.07, 6.45) is 2.00. The summed E-state index contributed by atoms with van der Waals surface area (Å²) in [7, 11) is 0. The van der Waals surface area contributed by atoms with Crippen LogP contribution in [0.25, 0.3) is 11.1 Å². The monoisotopic (exact) mass is 935 g/mol. The Balaban J connectivity index is 1.32. The van der Waals surface area contributed by atoms with Crippen LogP contribution in [0.1, 0.15) is 165 Å². The zero-order chi connectivity index (χ0) is 51.2. The van der Waals surface area contributed by atoms with Gasteiger partial charge in [0.05, 0.1) is 17.4 Å². The molecule has 8 rings (SSSR count). The van der Waals surface area contributed by atoms with Crippen LogP contribution in [-0.4, -0.2) is 23.4 Å². The van der Waals surface area contributed by atoms with Gasteiger partial charge in [-0.05, 0) is 179 Å². The van der Waals surface area contributed by atoms with Crippen molar-refractivity contribution in [3.05, 3.63) is 158 Å². The lowest BCUT2D eigenvalue weighted by Gasteiger charge is -2.42. The van der Waals surface area contributed by atoms with Crippen molar-refractivity contribution < 1.29 is 4.74 Å². The number of rotatable bonds is 9. The molecule has 0 N–H and O–H groups in total. The van der Waals surface area contributed by atoms with Gasteiger partial charge in [0.1, 0.15) is 23.2 Å². The van der Waals surface area contributed by atoms with Crippen molar-refractivity contribution in [1.29, 1.82) is 0 Å². The second-order valence-corrected chi connectivity index (χ2v) is 25.4. The van der Waals surface area contributed by atoms with Crippen LogP contribution in [0.5, 0.6) is 11.5 Å². The van der Waals surface area contributed by atoms with Crippen LogP contribution in [-0.2, 0) is 21.7 Å². The van der Waals surface area contributed by atoms with E-state index in [2.05, 4.69) is 239 Å². The van der Waals surface area contributed by atoms with Crippen molar-refractivity contribution in [2.45, 2.75) is 166 Å². The number of ether oxygens (including phenoxy) is 1. The molecule has 0 saturated heterocycles. The van der Waals surface area contributed by atoms with Crippen LogP contribution in [0.2, 0.25) is 0 Å². The summed E-state index contributed by atoms with van der Waals surface area (Å²) in [5, 5.41) is 0. The molecule has 3 heterocycles. The second-order valence-electron chi connectivity index (χ2n) is 25.4. The summed E-state index contributed by atoms with van der Waals surface area (Å²) < 4.78 is 7.26. The molecule has 5 aromatic carbocycles. The lowest BCUT2D eigenvalue weighted by Crippen LogP contribution is -2.35. The topological polar surface area (TPSA) is 41.0 Å². The number of fused-ring (bicyclic) bond motifs is 2. The van der Waals surface area contributed by atoms with E-state index in [0.717, 1.165) is 63.3 Å². The fraction of sp³-hybridized carbons (Fsp3) is 0.446. The molecule has 2 aliphatic rings. The first-order valence-corrected chi connectivity index (χ1v) is 26.0. The second kappa shape index (κ2) is 18.2. The van der Waals surface area contributed by atoms with Gasteiger partial charge in [-0.2, -0.15) is 0 Å². The van der Waals surface area contributed by atoms with Gasteiger partial charge in [-0.15, -0.1) is 0 Å². The predicted molar refractivity (Wildman–Crippen MR) is 300 cm³/mol. The van der Waals surface area contributed by atoms with Gasteiger partial charge in [-0.3, -0.25) is 9.89 Å². The minimum atomic E-state index is -0.254. The van der Waals surface area contributed by atoms with E-state index in [1.807, 2.05) is 6.20 Å². The number of nitrogens with zero attached hydrogens (tertiary/aromatic N) is 4. The first-order chi connectivity index (χ1) is 32.5. The van der Waals surface area contributed by atoms with E-state index in [4.69, 9.17) is 14.7 Å². The average molecular weight is 935 g/mol. The van der Waals surface area contributed by atoms with Crippen LogP contribution >= 0.6 is 0 Å². The Labute approximate surface area is 422 Å². The maximum absolute atomic E-state index is 7.26. The Morgan fingerprint density at radius 1 is 0.571 bits per heavy atom. The Morgan fingerprint density at radius 2 is 1.14 bits per heavy atom. The largest absolute Gasteiger partial charge is 0.457 e. The van der Waals surface area contributed by atoms with Crippen LogP contribution in [0.15, 0.2) is 102 Å². The van der Waals surface area contributed by atoms with E-state index in [9.17, 15) is 0 Å². The summed E-state index contributed by atoms with van der Waals surface area (Å²) in [6.45, 7) is 46.8. The van der Waals surface area contributed by atoms with Crippen molar-refractivity contribution in [2.24, 2.45) is 22.7 Å². The number of aromatic nitrogens is 1. The molecule has 0 fully saturated rings. The van der Waals surface area contributed by atoms with Crippen molar-refractivity contribution in [1.82, 2.24) is 4.98 Å². The highest BCUT2D eigenvalue weighted by molar-refractivity contribution is 6.12. The van der Waals surface area contributed by atoms with Crippen LogP contribution in [0, 0.1) is 52.4 Å². The van der Waals surface area contributed by atoms with Crippen molar-refractivity contribution in [3.8, 4) is 22.6 Å². The first-order valence-electron chi connectivity index (χ1n) is 26.0. The molecular formula is C65H82N4O. The molecule has 70 heavy (non-hydrogen) atoms. The molecule has 2 aliphatic heterocycles. The molecule has 0 aliphatic carbocycles. The lowest BCUT2D eigenvalue weighted by molar-refractivity contribution is 0.247. The lowest BCUT2D eigenvalue weighted by atomic mass is 9.72. The molecule has 0 unspecified atom stereocenters. The van der Waals surface area contributed by atoms with Crippen molar-refractivity contribution in [3.63, 3.8) is 0 Å². The molecule has 5 nitrogen and oxygen atoms in total. The van der Waals surface area contributed by atoms with Gasteiger partial charge < -0.3 is 9.64 Å². The highest BCUT2D eigenvalue weighted by Gasteiger charge is 2.40. The zero-order valence-corrected chi connectivity index (χ0v) is 46.5. The van der Waals surface area contributed by atoms with Crippen LogP contribution in [0.4, 0.5) is 22.9 Å². The van der Waals surface area contributed by atoms with Gasteiger partial charge in [0.2, 0.25) is 0 Å². The van der Waals surface area contributed by atoms with Crippen molar-refractivity contribution >= 4 is 28.7 Å². The van der Waals surface area contributed by atoms with Crippen molar-refractivity contribution in [2.75, 3.05) is 16.3 Å². The number of hydrogen-bond acceptors (Lipinski definition) is 5. The number of amidine groups is 1. The Kier molecular flexibility index (Phi) is 13.2. The van der Waals surface area contributed by atoms with Gasteiger partial charge in [0.15, 0.2) is 0 Å². The number of aryl methyl sites for hydroxylation is 5. The van der Waals surface area contributed by atoms with Crippen LogP contribution in [0.3, 0.4) is 0 Å². The molecule has 5 heteroatoms. The summed E-state index contributed by atoms with van der Waals surface area (Å²) in [5.41, 5.74) is 19.0. The Morgan fingerprint density at radius 3 is 1.73 bits per heavy atom. The quantitative estimate of drug-likeness (QED) is 0.145. The summed E-state index contributed by atoms with van der Waals surface area (Å²) >= 11 is 0. The average Bonchev–Trinajstić information content (AvgIpc) is 3.66. The molecule has 0 saturated carbocycles. The number of anilines is 4. The molecule has 0 radical (unpaired) electrons. The maximum Gasteiger partial charge on any atom is 0.141 e. The van der Waals surface area contributed by atoms with Crippen LogP contribution < -0.4 is 14.5 Å². The van der Waals surface area contributed by atoms with Gasteiger partial charge >= 0.3 is 0 Å². The Bertz CT molecular complexity index is 2940. The summed E-state index contributed by atoms with van der Waals surface area (Å²) in [5.74, 6) is 4.88. The van der Waals surface area contributed by atoms with E-state index in [0.29, 0.717) is 17.8 Å². The molecule has 0 spiro atoms. The van der Waals surface area contributed by atoms with Gasteiger partial charge in [0.25, 0.3) is 0 Å². The zero-order valence-electron chi connectivity index (χ0n) is 46.5. The highest BCUT2D eigenvalue weighted by atomic mass is 16.5. The van der Waals surface area contributed by atoms with Gasteiger partial charge in [-0.1, -0.05) is 140 Å². The number of aliphatic imine (C=N–C) groups is 1. The maximum atomic E-state index is 7.26. The number of benzene rings is 5. The molecule has 0 amide bonds. The SMILES string of the molecule is Cc1cc(Oc2cc(C3=N[C@H](C(C(C)C)C(C)C)CN3c3cc(C(C)(C)C)cc(C(C)(C)C)c3)cc(-c3c(C)cc(C)cc3C)c2)cc(N2c3ccc(C(C)(C)C)cc3C(C)(C)c3cc(C)cnc32)c1. The van der Waals surface area contributed by atoms with E-state index < -0.39 is 0 Å². The summed E-state index contributed by atoms with van der Waals surface area (Å²) in [6, 6.07) is 34.8. The standard InChI is InChI=1S/C65H82N4O/c1-38(2)58(39(3)4)56-37-68(50-32-48(63(13,14)15)31-49(33-50)64(16,17)18)60(67-56)46-28-45(59-43(8)23-40(5)24-44(59)9)29-53(30-46)70-52-26-41(6)25-51(35-52)69-57-22-21-47(62(10,11)12)34-54(57)65(19,20)55-27-42(7)36-66-61(55)69/h21-36,38-39,56,58H,37H2,1-20H3/t56-/m0/s1. The third kappa shape index (κ3) is 9.84. The van der Waals surface area contributed by atoms with E-state index in [1.165, 1.54) is 55.8 Å². The molecule has 0 bridgehead atoms. The fourth-order valence-corrected chi connectivity index (χ4v) is 11.5. The Hall–Kier alpha value is -5.68. The minimum absolute atomic E-state index is 0.00681. The van der Waals surface area contributed by atoms with Gasteiger partial charge in [0, 0.05) is 41.0 Å². The number of hydrogen-bond donors (Lipinski definition) is 0. The highest BCUT2D eigenvalue weighted by Crippen LogP contribution is 2.53. The molecule has 1 atom stereocenters. The van der Waals surface area contributed by atoms with E-state index in [-0.39, 0.29) is 27.7 Å².